The van der Waals surface area contributed by atoms with E-state index in [0.29, 0.717) is 18.0 Å². The van der Waals surface area contributed by atoms with Gasteiger partial charge in [0.15, 0.2) is 5.69 Å². The first-order chi connectivity index (χ1) is 12.6. The summed E-state index contributed by atoms with van der Waals surface area (Å²) in [5, 5.41) is 2.13. The van der Waals surface area contributed by atoms with Gasteiger partial charge in [-0.3, -0.25) is 0 Å². The van der Waals surface area contributed by atoms with E-state index in [1.165, 1.54) is 22.8 Å². The van der Waals surface area contributed by atoms with Crippen LogP contribution in [-0.4, -0.2) is 37.3 Å². The Morgan fingerprint density at radius 3 is 2.37 bits per heavy atom. The van der Waals surface area contributed by atoms with Crippen molar-refractivity contribution in [3.8, 4) is 0 Å². The number of thiazole rings is 1. The summed E-state index contributed by atoms with van der Waals surface area (Å²) in [6.07, 6.45) is 0.675. The third-order valence-electron chi connectivity index (χ3n) is 4.09. The minimum absolute atomic E-state index is 0.0451. The zero-order valence-electron chi connectivity index (χ0n) is 16.4. The predicted molar refractivity (Wildman–Crippen MR) is 106 cm³/mol. The van der Waals surface area contributed by atoms with E-state index in [9.17, 15) is 13.2 Å². The van der Waals surface area contributed by atoms with Crippen molar-refractivity contribution in [2.75, 3.05) is 13.7 Å². The first-order valence-corrected chi connectivity index (χ1v) is 11.0. The number of esters is 1. The molecule has 8 heteroatoms. The zero-order valence-corrected chi connectivity index (χ0v) is 18.0. The lowest BCUT2D eigenvalue weighted by atomic mass is 9.87. The van der Waals surface area contributed by atoms with Crippen LogP contribution < -0.4 is 0 Å². The number of benzene rings is 1. The van der Waals surface area contributed by atoms with E-state index >= 15 is 0 Å². The highest BCUT2D eigenvalue weighted by molar-refractivity contribution is 7.89. The maximum atomic E-state index is 13.1. The van der Waals surface area contributed by atoms with Gasteiger partial charge in [-0.05, 0) is 29.5 Å². The van der Waals surface area contributed by atoms with Crippen LogP contribution in [-0.2, 0) is 26.7 Å². The lowest BCUT2D eigenvalue weighted by Crippen LogP contribution is -2.31. The minimum Gasteiger partial charge on any atom is -0.464 e. The molecule has 0 atom stereocenters. The van der Waals surface area contributed by atoms with Gasteiger partial charge in [0, 0.05) is 11.9 Å². The molecule has 6 nitrogen and oxygen atoms in total. The molecule has 0 aliphatic heterocycles. The van der Waals surface area contributed by atoms with Crippen molar-refractivity contribution in [3.63, 3.8) is 0 Å². The molecule has 0 radical (unpaired) electrons. The summed E-state index contributed by atoms with van der Waals surface area (Å²) in [6, 6.07) is 7.02. The van der Waals surface area contributed by atoms with Gasteiger partial charge in [0.25, 0.3) is 0 Å². The second kappa shape index (κ2) is 8.50. The van der Waals surface area contributed by atoms with Crippen molar-refractivity contribution in [3.05, 3.63) is 45.9 Å². The molecule has 27 heavy (non-hydrogen) atoms. The molecule has 0 spiro atoms. The number of sulfonamides is 1. The van der Waals surface area contributed by atoms with Gasteiger partial charge in [-0.15, -0.1) is 11.3 Å². The Hall–Kier alpha value is -1.77. The number of nitrogens with zero attached hydrogens (tertiary/aromatic N) is 2. The van der Waals surface area contributed by atoms with Crippen molar-refractivity contribution >= 4 is 27.3 Å². The topological polar surface area (TPSA) is 76.6 Å². The molecule has 0 aliphatic carbocycles. The van der Waals surface area contributed by atoms with Gasteiger partial charge in [0.2, 0.25) is 10.0 Å². The average Bonchev–Trinajstić information content (AvgIpc) is 3.08. The third kappa shape index (κ3) is 5.15. The van der Waals surface area contributed by atoms with Crippen LogP contribution in [0.3, 0.4) is 0 Å². The monoisotopic (exact) mass is 410 g/mol. The summed E-state index contributed by atoms with van der Waals surface area (Å²) in [4.78, 5) is 16.0. The maximum absolute atomic E-state index is 13.1. The van der Waals surface area contributed by atoms with Crippen LogP contribution in [0.15, 0.2) is 34.5 Å². The molecule has 0 saturated carbocycles. The highest BCUT2D eigenvalue weighted by Crippen LogP contribution is 2.26. The van der Waals surface area contributed by atoms with Gasteiger partial charge in [-0.1, -0.05) is 39.8 Å². The predicted octanol–water partition coefficient (Wildman–Crippen LogP) is 3.83. The van der Waals surface area contributed by atoms with Gasteiger partial charge in [-0.2, -0.15) is 4.31 Å². The number of hydrogen-bond donors (Lipinski definition) is 0. The number of rotatable bonds is 7. The first-order valence-electron chi connectivity index (χ1n) is 8.73. The Labute approximate surface area is 165 Å². The minimum atomic E-state index is -3.66. The third-order valence-corrected chi connectivity index (χ3v) is 6.78. The fourth-order valence-corrected chi connectivity index (χ4v) is 4.90. The van der Waals surface area contributed by atoms with Crippen LogP contribution in [0.1, 0.15) is 55.2 Å². The lowest BCUT2D eigenvalue weighted by molar-refractivity contribution is 0.0594. The second-order valence-corrected chi connectivity index (χ2v) is 10.1. The SMILES string of the molecule is CCCN(Cc1nc(C(=O)OC)cs1)S(=O)(=O)c1ccc(C(C)(C)C)cc1. The number of carbonyl (C=O) groups excluding carboxylic acids is 1. The summed E-state index contributed by atoms with van der Waals surface area (Å²) in [5.74, 6) is -0.528. The van der Waals surface area contributed by atoms with Crippen LogP contribution in [0, 0.1) is 0 Å². The molecule has 1 aromatic heterocycles. The first kappa shape index (κ1) is 21.5. The second-order valence-electron chi connectivity index (χ2n) is 7.23. The van der Waals surface area contributed by atoms with E-state index in [0.717, 1.165) is 5.56 Å². The summed E-state index contributed by atoms with van der Waals surface area (Å²) in [6.45, 7) is 8.67. The summed E-state index contributed by atoms with van der Waals surface area (Å²) >= 11 is 1.25. The van der Waals surface area contributed by atoms with Crippen molar-refractivity contribution < 1.29 is 17.9 Å². The van der Waals surface area contributed by atoms with Crippen LogP contribution in [0.5, 0.6) is 0 Å². The van der Waals surface area contributed by atoms with E-state index in [2.05, 4.69) is 30.5 Å². The van der Waals surface area contributed by atoms with Crippen molar-refractivity contribution in [1.82, 2.24) is 9.29 Å². The fourth-order valence-electron chi connectivity index (χ4n) is 2.54. The molecule has 148 valence electrons. The van der Waals surface area contributed by atoms with Crippen LogP contribution >= 0.6 is 11.3 Å². The highest BCUT2D eigenvalue weighted by Gasteiger charge is 2.26. The number of hydrogen-bond acceptors (Lipinski definition) is 6. The quantitative estimate of drug-likeness (QED) is 0.649. The molecule has 0 N–H and O–H groups in total. The van der Waals surface area contributed by atoms with Crippen molar-refractivity contribution in [1.29, 1.82) is 0 Å². The van der Waals surface area contributed by atoms with Crippen LogP contribution in [0.2, 0.25) is 0 Å². The van der Waals surface area contributed by atoms with Gasteiger partial charge in [0.1, 0.15) is 5.01 Å². The summed E-state index contributed by atoms with van der Waals surface area (Å²) < 4.78 is 32.2. The smallest absolute Gasteiger partial charge is 0.357 e. The molecule has 0 bridgehead atoms. The van der Waals surface area contributed by atoms with Gasteiger partial charge in [-0.25, -0.2) is 18.2 Å². The van der Waals surface area contributed by atoms with Gasteiger partial charge >= 0.3 is 5.97 Å². The molecule has 0 aliphatic rings. The number of aromatic nitrogens is 1. The zero-order chi connectivity index (χ0) is 20.2. The molecule has 0 fully saturated rings. The molecule has 0 amide bonds. The van der Waals surface area contributed by atoms with Gasteiger partial charge < -0.3 is 4.74 Å². The van der Waals surface area contributed by atoms with Crippen LogP contribution in [0.4, 0.5) is 0 Å². The van der Waals surface area contributed by atoms with E-state index in [-0.39, 0.29) is 22.5 Å². The Kier molecular flexibility index (Phi) is 6.77. The van der Waals surface area contributed by atoms with E-state index in [1.807, 2.05) is 19.1 Å². The van der Waals surface area contributed by atoms with E-state index in [1.54, 1.807) is 17.5 Å². The molecular weight excluding hydrogens is 384 g/mol. The fraction of sp³-hybridized carbons (Fsp3) is 0.474. The molecule has 0 unspecified atom stereocenters. The molecule has 2 rings (SSSR count). The normalized spacial score (nSPS) is 12.4. The average molecular weight is 411 g/mol. The largest absolute Gasteiger partial charge is 0.464 e. The Balaban J connectivity index is 2.28. The van der Waals surface area contributed by atoms with Crippen LogP contribution in [0.25, 0.3) is 0 Å². The highest BCUT2D eigenvalue weighted by atomic mass is 32.2. The van der Waals surface area contributed by atoms with Gasteiger partial charge in [0.05, 0.1) is 18.6 Å². The number of ether oxygens (including phenoxy) is 1. The van der Waals surface area contributed by atoms with Crippen molar-refractivity contribution in [2.45, 2.75) is 51.0 Å². The maximum Gasteiger partial charge on any atom is 0.357 e. The Morgan fingerprint density at radius 2 is 1.85 bits per heavy atom. The molecule has 2 aromatic rings. The molecular formula is C19H26N2O4S2. The number of carbonyl (C=O) groups is 1. The molecule has 1 heterocycles. The summed E-state index contributed by atoms with van der Waals surface area (Å²) in [5.41, 5.74) is 1.23. The lowest BCUT2D eigenvalue weighted by Gasteiger charge is -2.22. The number of methoxy groups -OCH3 is 1. The Bertz CT molecular complexity index is 881. The standard InChI is InChI=1S/C19H26N2O4S2/c1-6-11-21(12-17-20-16(13-26-17)18(22)25-5)27(23,24)15-9-7-14(8-10-15)19(2,3)4/h7-10,13H,6,11-12H2,1-5H3. The Morgan fingerprint density at radius 1 is 1.22 bits per heavy atom. The molecule has 1 aromatic carbocycles. The van der Waals surface area contributed by atoms with Crippen molar-refractivity contribution in [2.24, 2.45) is 0 Å². The summed E-state index contributed by atoms with van der Waals surface area (Å²) in [7, 11) is -2.37. The molecule has 0 saturated heterocycles. The van der Waals surface area contributed by atoms with E-state index < -0.39 is 16.0 Å². The van der Waals surface area contributed by atoms with E-state index in [4.69, 9.17) is 0 Å².